The molecule has 20 heavy (non-hydrogen) atoms. The first-order chi connectivity index (χ1) is 9.39. The van der Waals surface area contributed by atoms with E-state index in [4.69, 9.17) is 5.73 Å². The molecule has 0 aromatic rings. The van der Waals surface area contributed by atoms with Crippen molar-refractivity contribution in [1.29, 1.82) is 0 Å². The minimum atomic E-state index is -0.0839. The van der Waals surface area contributed by atoms with E-state index >= 15 is 0 Å². The molecule has 4 fully saturated rings. The van der Waals surface area contributed by atoms with Crippen LogP contribution in [-0.4, -0.2) is 19.0 Å². The average Bonchev–Trinajstić information content (AvgIpc) is 2.29. The van der Waals surface area contributed by atoms with Crippen LogP contribution in [-0.2, 0) is 4.79 Å². The summed E-state index contributed by atoms with van der Waals surface area (Å²) in [6.07, 6.45) is 11.2. The first-order valence-corrected chi connectivity index (χ1v) is 8.02. The van der Waals surface area contributed by atoms with E-state index in [0.717, 1.165) is 25.2 Å². The van der Waals surface area contributed by atoms with E-state index in [2.05, 4.69) is 19.2 Å². The SMILES string of the molecule is CC12CC3CC(C)(C1)CC(C(=O)NC/C=C/CN)(C3)C2. The maximum absolute atomic E-state index is 12.8. The Labute approximate surface area is 122 Å². The average molecular weight is 276 g/mol. The molecule has 1 amide bonds. The first kappa shape index (κ1) is 14.1. The third-order valence-corrected chi connectivity index (χ3v) is 5.79. The fourth-order valence-corrected chi connectivity index (χ4v) is 6.22. The van der Waals surface area contributed by atoms with E-state index in [0.29, 0.717) is 29.8 Å². The molecule has 4 aliphatic carbocycles. The van der Waals surface area contributed by atoms with Crippen LogP contribution >= 0.6 is 0 Å². The summed E-state index contributed by atoms with van der Waals surface area (Å²) in [4.78, 5) is 12.8. The van der Waals surface area contributed by atoms with Crippen molar-refractivity contribution >= 4 is 5.91 Å². The van der Waals surface area contributed by atoms with Gasteiger partial charge in [-0.2, -0.15) is 0 Å². The van der Waals surface area contributed by atoms with E-state index in [1.165, 1.54) is 19.3 Å². The van der Waals surface area contributed by atoms with Crippen LogP contribution in [0, 0.1) is 22.2 Å². The molecule has 4 bridgehead atoms. The Morgan fingerprint density at radius 1 is 1.15 bits per heavy atom. The molecule has 3 nitrogen and oxygen atoms in total. The van der Waals surface area contributed by atoms with Gasteiger partial charge >= 0.3 is 0 Å². The van der Waals surface area contributed by atoms with Crippen LogP contribution in [0.25, 0.3) is 0 Å². The van der Waals surface area contributed by atoms with Crippen LogP contribution in [0.1, 0.15) is 52.4 Å². The molecule has 4 aliphatic rings. The van der Waals surface area contributed by atoms with Gasteiger partial charge in [-0.25, -0.2) is 0 Å². The van der Waals surface area contributed by atoms with Crippen molar-refractivity contribution in [2.45, 2.75) is 52.4 Å². The van der Waals surface area contributed by atoms with Gasteiger partial charge < -0.3 is 11.1 Å². The van der Waals surface area contributed by atoms with Gasteiger partial charge in [0.25, 0.3) is 0 Å². The lowest BCUT2D eigenvalue weighted by Crippen LogP contribution is -2.59. The number of nitrogens with two attached hydrogens (primary N) is 1. The summed E-state index contributed by atoms with van der Waals surface area (Å²) in [6.45, 7) is 5.98. The van der Waals surface area contributed by atoms with Crippen LogP contribution in [0.15, 0.2) is 12.2 Å². The van der Waals surface area contributed by atoms with Gasteiger partial charge in [0, 0.05) is 13.1 Å². The largest absolute Gasteiger partial charge is 0.352 e. The molecule has 4 rings (SSSR count). The lowest BCUT2D eigenvalue weighted by molar-refractivity contribution is -0.169. The molecule has 0 spiro atoms. The van der Waals surface area contributed by atoms with Crippen LogP contribution in [0.3, 0.4) is 0 Å². The summed E-state index contributed by atoms with van der Waals surface area (Å²) in [6, 6.07) is 0. The lowest BCUT2D eigenvalue weighted by Gasteiger charge is -2.64. The fraction of sp³-hybridized carbons (Fsp3) is 0.824. The highest BCUT2D eigenvalue weighted by Crippen LogP contribution is 2.69. The van der Waals surface area contributed by atoms with Crippen molar-refractivity contribution in [2.75, 3.05) is 13.1 Å². The van der Waals surface area contributed by atoms with Gasteiger partial charge in [0.15, 0.2) is 0 Å². The zero-order valence-corrected chi connectivity index (χ0v) is 12.9. The highest BCUT2D eigenvalue weighted by molar-refractivity contribution is 5.83. The van der Waals surface area contributed by atoms with E-state index in [1.54, 1.807) is 0 Å². The van der Waals surface area contributed by atoms with Crippen LogP contribution in [0.4, 0.5) is 0 Å². The first-order valence-electron chi connectivity index (χ1n) is 8.02. The number of carbonyl (C=O) groups is 1. The summed E-state index contributed by atoms with van der Waals surface area (Å²) in [5.74, 6) is 1.06. The summed E-state index contributed by atoms with van der Waals surface area (Å²) in [5.41, 5.74) is 6.15. The number of rotatable bonds is 4. The van der Waals surface area contributed by atoms with Crippen molar-refractivity contribution in [2.24, 2.45) is 27.9 Å². The van der Waals surface area contributed by atoms with E-state index in [9.17, 15) is 4.79 Å². The Kier molecular flexibility index (Phi) is 3.24. The highest BCUT2D eigenvalue weighted by atomic mass is 16.2. The molecule has 2 atom stereocenters. The number of hydrogen-bond donors (Lipinski definition) is 2. The minimum Gasteiger partial charge on any atom is -0.352 e. The van der Waals surface area contributed by atoms with Crippen molar-refractivity contribution in [3.63, 3.8) is 0 Å². The molecule has 3 heteroatoms. The molecule has 0 saturated heterocycles. The van der Waals surface area contributed by atoms with Gasteiger partial charge in [-0.15, -0.1) is 0 Å². The lowest BCUT2D eigenvalue weighted by atomic mass is 9.40. The van der Waals surface area contributed by atoms with E-state index in [-0.39, 0.29) is 5.41 Å². The zero-order chi connectivity index (χ0) is 14.4. The van der Waals surface area contributed by atoms with Gasteiger partial charge in [-0.1, -0.05) is 26.0 Å². The van der Waals surface area contributed by atoms with Crippen molar-refractivity contribution in [3.8, 4) is 0 Å². The Balaban J connectivity index is 1.75. The molecule has 4 saturated carbocycles. The Morgan fingerprint density at radius 3 is 2.35 bits per heavy atom. The van der Waals surface area contributed by atoms with E-state index < -0.39 is 0 Å². The molecule has 0 radical (unpaired) electrons. The van der Waals surface area contributed by atoms with Crippen LogP contribution in [0.5, 0.6) is 0 Å². The zero-order valence-electron chi connectivity index (χ0n) is 12.9. The molecule has 0 aromatic carbocycles. The van der Waals surface area contributed by atoms with E-state index in [1.807, 2.05) is 12.2 Å². The number of amides is 1. The second-order valence-electron chi connectivity index (χ2n) is 8.33. The third-order valence-electron chi connectivity index (χ3n) is 5.79. The summed E-state index contributed by atoms with van der Waals surface area (Å²) < 4.78 is 0. The highest BCUT2D eigenvalue weighted by Gasteiger charge is 2.62. The quantitative estimate of drug-likeness (QED) is 0.776. The maximum Gasteiger partial charge on any atom is 0.226 e. The molecule has 0 aliphatic heterocycles. The summed E-state index contributed by atoms with van der Waals surface area (Å²) in [5, 5.41) is 3.13. The fourth-order valence-electron chi connectivity index (χ4n) is 6.22. The number of carbonyl (C=O) groups excluding carboxylic acids is 1. The topological polar surface area (TPSA) is 55.1 Å². The predicted octanol–water partition coefficient (Wildman–Crippen LogP) is 2.61. The van der Waals surface area contributed by atoms with Crippen molar-refractivity contribution in [3.05, 3.63) is 12.2 Å². The summed E-state index contributed by atoms with van der Waals surface area (Å²) >= 11 is 0. The second-order valence-corrected chi connectivity index (χ2v) is 8.33. The van der Waals surface area contributed by atoms with Gasteiger partial charge in [0.2, 0.25) is 5.91 Å². The van der Waals surface area contributed by atoms with Crippen molar-refractivity contribution in [1.82, 2.24) is 5.32 Å². The second kappa shape index (κ2) is 4.59. The number of hydrogen-bond acceptors (Lipinski definition) is 2. The number of nitrogens with one attached hydrogen (secondary N) is 1. The summed E-state index contributed by atoms with van der Waals surface area (Å²) in [7, 11) is 0. The smallest absolute Gasteiger partial charge is 0.226 e. The monoisotopic (exact) mass is 276 g/mol. The van der Waals surface area contributed by atoms with Crippen LogP contribution in [0.2, 0.25) is 0 Å². The Morgan fingerprint density at radius 2 is 1.80 bits per heavy atom. The molecule has 112 valence electrons. The van der Waals surface area contributed by atoms with Gasteiger partial charge in [-0.3, -0.25) is 4.79 Å². The maximum atomic E-state index is 12.8. The normalized spacial score (nSPS) is 46.0. The standard InChI is InChI=1S/C17H28N2O/c1-15-7-13-8-16(2,10-15)12-17(9-13,11-15)14(20)19-6-4-3-5-18/h3-4,13H,5-12,18H2,1-2H3,(H,19,20)/b4-3+. The predicted molar refractivity (Wildman–Crippen MR) is 81.0 cm³/mol. The molecular formula is C17H28N2O. The third kappa shape index (κ3) is 2.30. The molecule has 0 aromatic heterocycles. The Hall–Kier alpha value is -0.830. The Bertz CT molecular complexity index is 424. The van der Waals surface area contributed by atoms with Crippen LogP contribution < -0.4 is 11.1 Å². The van der Waals surface area contributed by atoms with Gasteiger partial charge in [0.1, 0.15) is 0 Å². The molecule has 0 heterocycles. The van der Waals surface area contributed by atoms with Gasteiger partial charge in [-0.05, 0) is 55.3 Å². The minimum absolute atomic E-state index is 0.0839. The molecule has 2 unspecified atom stereocenters. The van der Waals surface area contributed by atoms with Crippen molar-refractivity contribution < 1.29 is 4.79 Å². The van der Waals surface area contributed by atoms with Gasteiger partial charge in [0.05, 0.1) is 5.41 Å². The molecule has 3 N–H and O–H groups in total. The molecular weight excluding hydrogens is 248 g/mol.